The molecule has 0 radical (unpaired) electrons. The summed E-state index contributed by atoms with van der Waals surface area (Å²) in [6, 6.07) is 4.85. The van der Waals surface area contributed by atoms with Crippen LogP contribution in [-0.4, -0.2) is 5.78 Å². The van der Waals surface area contributed by atoms with E-state index in [0.717, 1.165) is 35.1 Å². The van der Waals surface area contributed by atoms with Crippen LogP contribution in [0.1, 0.15) is 58.1 Å². The van der Waals surface area contributed by atoms with Crippen LogP contribution < -0.4 is 0 Å². The monoisotopic (exact) mass is 260 g/mol. The van der Waals surface area contributed by atoms with E-state index >= 15 is 0 Å². The minimum Gasteiger partial charge on any atom is -0.294 e. The van der Waals surface area contributed by atoms with Crippen molar-refractivity contribution in [2.45, 2.75) is 52.4 Å². The normalized spacial score (nSPS) is 17.3. The number of fused-ring (bicyclic) bond motifs is 1. The maximum atomic E-state index is 13.6. The first-order valence-corrected chi connectivity index (χ1v) is 6.96. The molecule has 1 aliphatic rings. The molecule has 0 aromatic heterocycles. The number of rotatable bonds is 2. The number of carbonyl (C=O) groups excluding carboxylic acids is 1. The fourth-order valence-corrected chi connectivity index (χ4v) is 3.24. The molecule has 0 amide bonds. The Labute approximate surface area is 114 Å². The van der Waals surface area contributed by atoms with Crippen molar-refractivity contribution >= 4 is 11.4 Å². The lowest BCUT2D eigenvalue weighted by atomic mass is 9.64. The molecule has 1 aliphatic carbocycles. The molecule has 1 nitrogen and oxygen atoms in total. The van der Waals surface area contributed by atoms with E-state index in [2.05, 4.69) is 13.8 Å². The van der Waals surface area contributed by atoms with Gasteiger partial charge < -0.3 is 0 Å². The van der Waals surface area contributed by atoms with E-state index in [4.69, 9.17) is 0 Å². The summed E-state index contributed by atoms with van der Waals surface area (Å²) in [5.41, 5.74) is 3.54. The van der Waals surface area contributed by atoms with Crippen LogP contribution in [0.3, 0.4) is 0 Å². The van der Waals surface area contributed by atoms with Crippen LogP contribution in [0.4, 0.5) is 4.39 Å². The van der Waals surface area contributed by atoms with Crippen molar-refractivity contribution in [2.24, 2.45) is 0 Å². The summed E-state index contributed by atoms with van der Waals surface area (Å²) in [4.78, 5) is 12.5. The number of hydrogen-bond acceptors (Lipinski definition) is 1. The Morgan fingerprint density at radius 1 is 1.26 bits per heavy atom. The second kappa shape index (κ2) is 4.92. The first kappa shape index (κ1) is 14.0. The molecular formula is C17H21FO. The van der Waals surface area contributed by atoms with Crippen LogP contribution in [0.2, 0.25) is 0 Å². The van der Waals surface area contributed by atoms with E-state index in [1.54, 1.807) is 12.1 Å². The van der Waals surface area contributed by atoms with Crippen LogP contribution in [0, 0.1) is 5.82 Å². The molecule has 2 rings (SSSR count). The summed E-state index contributed by atoms with van der Waals surface area (Å²) in [6.07, 6.45) is 2.22. The number of carbonyl (C=O) groups is 1. The van der Waals surface area contributed by atoms with Gasteiger partial charge in [-0.2, -0.15) is 0 Å². The Balaban J connectivity index is 2.78. The van der Waals surface area contributed by atoms with Crippen LogP contribution in [0.5, 0.6) is 0 Å². The van der Waals surface area contributed by atoms with Crippen molar-refractivity contribution in [3.63, 3.8) is 0 Å². The molecule has 0 heterocycles. The van der Waals surface area contributed by atoms with Gasteiger partial charge >= 0.3 is 0 Å². The SMILES string of the molecule is CCC1(CC)CC(=O)C(=C(C)C)c2ccc(F)cc21. The fraction of sp³-hybridized carbons (Fsp3) is 0.471. The van der Waals surface area contributed by atoms with Crippen molar-refractivity contribution in [2.75, 3.05) is 0 Å². The third-order valence-corrected chi connectivity index (χ3v) is 4.45. The number of allylic oxidation sites excluding steroid dienone is 2. The summed E-state index contributed by atoms with van der Waals surface area (Å²) in [5.74, 6) is -0.0183. The third kappa shape index (κ3) is 2.13. The Bertz CT molecular complexity index is 546. The molecule has 2 heteroatoms. The molecule has 0 N–H and O–H groups in total. The van der Waals surface area contributed by atoms with E-state index in [-0.39, 0.29) is 17.0 Å². The van der Waals surface area contributed by atoms with Gasteiger partial charge in [0, 0.05) is 17.4 Å². The summed E-state index contributed by atoms with van der Waals surface area (Å²) in [7, 11) is 0. The number of benzene rings is 1. The van der Waals surface area contributed by atoms with Crippen LogP contribution >= 0.6 is 0 Å². The molecular weight excluding hydrogens is 239 g/mol. The van der Waals surface area contributed by atoms with Gasteiger partial charge in [0.05, 0.1) is 0 Å². The molecule has 19 heavy (non-hydrogen) atoms. The van der Waals surface area contributed by atoms with Gasteiger partial charge in [-0.3, -0.25) is 4.79 Å². The van der Waals surface area contributed by atoms with Crippen LogP contribution in [0.15, 0.2) is 23.8 Å². The molecule has 0 atom stereocenters. The highest BCUT2D eigenvalue weighted by Crippen LogP contribution is 2.45. The quantitative estimate of drug-likeness (QED) is 0.707. The zero-order valence-electron chi connectivity index (χ0n) is 12.1. The fourth-order valence-electron chi connectivity index (χ4n) is 3.24. The zero-order chi connectivity index (χ0) is 14.2. The highest BCUT2D eigenvalue weighted by Gasteiger charge is 2.39. The predicted molar refractivity (Wildman–Crippen MR) is 76.6 cm³/mol. The second-order valence-electron chi connectivity index (χ2n) is 5.65. The maximum Gasteiger partial charge on any atom is 0.164 e. The van der Waals surface area contributed by atoms with Gasteiger partial charge in [-0.05, 0) is 49.9 Å². The third-order valence-electron chi connectivity index (χ3n) is 4.45. The molecule has 1 aromatic carbocycles. The van der Waals surface area contributed by atoms with Gasteiger partial charge in [0.15, 0.2) is 5.78 Å². The number of hydrogen-bond donors (Lipinski definition) is 0. The number of Topliss-reactive ketones (excluding diaryl/α,β-unsaturated/α-hetero) is 1. The van der Waals surface area contributed by atoms with E-state index in [9.17, 15) is 9.18 Å². The van der Waals surface area contributed by atoms with Crippen molar-refractivity contribution < 1.29 is 9.18 Å². The van der Waals surface area contributed by atoms with Gasteiger partial charge in [-0.15, -0.1) is 0 Å². The lowest BCUT2D eigenvalue weighted by Gasteiger charge is -2.38. The van der Waals surface area contributed by atoms with E-state index in [1.807, 2.05) is 13.8 Å². The largest absolute Gasteiger partial charge is 0.294 e. The highest BCUT2D eigenvalue weighted by molar-refractivity contribution is 6.23. The van der Waals surface area contributed by atoms with Crippen molar-refractivity contribution in [1.29, 1.82) is 0 Å². The Hall–Kier alpha value is -1.44. The summed E-state index contributed by atoms with van der Waals surface area (Å²) >= 11 is 0. The van der Waals surface area contributed by atoms with E-state index in [0.29, 0.717) is 6.42 Å². The first-order chi connectivity index (χ1) is 8.95. The molecule has 0 fully saturated rings. The maximum absolute atomic E-state index is 13.6. The van der Waals surface area contributed by atoms with Gasteiger partial charge in [-0.1, -0.05) is 25.5 Å². The Morgan fingerprint density at radius 3 is 2.42 bits per heavy atom. The zero-order valence-corrected chi connectivity index (χ0v) is 12.1. The highest BCUT2D eigenvalue weighted by atomic mass is 19.1. The minimum absolute atomic E-state index is 0.197. The molecule has 0 saturated heterocycles. The molecule has 0 saturated carbocycles. The molecule has 1 aromatic rings. The van der Waals surface area contributed by atoms with Gasteiger partial charge in [-0.25, -0.2) is 4.39 Å². The molecule has 0 unspecified atom stereocenters. The van der Waals surface area contributed by atoms with E-state index < -0.39 is 0 Å². The topological polar surface area (TPSA) is 17.1 Å². The average Bonchev–Trinajstić information content (AvgIpc) is 2.37. The van der Waals surface area contributed by atoms with Crippen LogP contribution in [0.25, 0.3) is 5.57 Å². The smallest absolute Gasteiger partial charge is 0.164 e. The van der Waals surface area contributed by atoms with Crippen LogP contribution in [-0.2, 0) is 10.2 Å². The molecule has 0 aliphatic heterocycles. The predicted octanol–water partition coefficient (Wildman–Crippen LogP) is 4.65. The van der Waals surface area contributed by atoms with Crippen molar-refractivity contribution in [3.8, 4) is 0 Å². The Morgan fingerprint density at radius 2 is 1.89 bits per heavy atom. The summed E-state index contributed by atoms with van der Waals surface area (Å²) in [5, 5.41) is 0. The van der Waals surface area contributed by atoms with Gasteiger partial charge in [0.1, 0.15) is 5.82 Å². The van der Waals surface area contributed by atoms with Crippen molar-refractivity contribution in [1.82, 2.24) is 0 Å². The number of halogens is 1. The summed E-state index contributed by atoms with van der Waals surface area (Å²) in [6.45, 7) is 8.06. The molecule has 0 bridgehead atoms. The number of ketones is 1. The molecule has 102 valence electrons. The van der Waals surface area contributed by atoms with Gasteiger partial charge in [0.2, 0.25) is 0 Å². The first-order valence-electron chi connectivity index (χ1n) is 6.96. The average molecular weight is 260 g/mol. The Kier molecular flexibility index (Phi) is 3.62. The minimum atomic E-state index is -0.215. The van der Waals surface area contributed by atoms with E-state index in [1.165, 1.54) is 6.07 Å². The van der Waals surface area contributed by atoms with Crippen molar-refractivity contribution in [3.05, 3.63) is 40.7 Å². The second-order valence-corrected chi connectivity index (χ2v) is 5.65. The molecule has 0 spiro atoms. The summed E-state index contributed by atoms with van der Waals surface area (Å²) < 4.78 is 13.6. The standard InChI is InChI=1S/C17H21FO/c1-5-17(6-2)10-15(19)16(11(3)4)13-8-7-12(18)9-14(13)17/h7-9H,5-6,10H2,1-4H3. The lowest BCUT2D eigenvalue weighted by molar-refractivity contribution is -0.115. The lowest BCUT2D eigenvalue weighted by Crippen LogP contribution is -2.34. The van der Waals surface area contributed by atoms with Gasteiger partial charge in [0.25, 0.3) is 0 Å².